The van der Waals surface area contributed by atoms with Crippen molar-refractivity contribution in [3.05, 3.63) is 101 Å². The molecule has 3 aromatic carbocycles. The lowest BCUT2D eigenvalue weighted by Crippen LogP contribution is -2.34. The van der Waals surface area contributed by atoms with Crippen LogP contribution in [0.1, 0.15) is 22.0 Å². The maximum atomic E-state index is 12.6. The summed E-state index contributed by atoms with van der Waals surface area (Å²) in [5.41, 5.74) is 7.13. The molecule has 5 N–H and O–H groups in total. The van der Waals surface area contributed by atoms with Gasteiger partial charge in [-0.3, -0.25) is 14.9 Å². The van der Waals surface area contributed by atoms with Gasteiger partial charge in [0.15, 0.2) is 6.10 Å². The van der Waals surface area contributed by atoms with E-state index in [0.29, 0.717) is 15.8 Å². The van der Waals surface area contributed by atoms with Crippen molar-refractivity contribution in [3.63, 3.8) is 0 Å². The number of methoxy groups -OCH3 is 1. The van der Waals surface area contributed by atoms with Crippen molar-refractivity contribution in [1.82, 2.24) is 5.32 Å². The highest BCUT2D eigenvalue weighted by Crippen LogP contribution is 2.33. The monoisotopic (exact) mass is 553 g/mol. The molecule has 0 saturated heterocycles. The molecular weight excluding hydrogens is 530 g/mol. The van der Waals surface area contributed by atoms with Crippen molar-refractivity contribution in [2.75, 3.05) is 18.2 Å². The number of amides is 3. The molecule has 0 saturated carbocycles. The number of alkyl carbamates (subject to hydrolysis) is 1. The summed E-state index contributed by atoms with van der Waals surface area (Å²) in [6.07, 6.45) is -0.737. The summed E-state index contributed by atoms with van der Waals surface area (Å²) < 4.78 is 11.6. The average molecular weight is 554 g/mol. The number of rotatable bonds is 8. The summed E-state index contributed by atoms with van der Waals surface area (Å²) in [6.45, 7) is 0. The zero-order chi connectivity index (χ0) is 26.1. The smallest absolute Gasteiger partial charge is 0.414 e. The molecule has 0 aliphatic rings. The molecule has 0 spiro atoms. The van der Waals surface area contributed by atoms with E-state index >= 15 is 0 Å². The highest BCUT2D eigenvalue weighted by Gasteiger charge is 2.29. The highest BCUT2D eigenvalue weighted by atomic mass is 79.9. The van der Waals surface area contributed by atoms with Gasteiger partial charge in [-0.25, -0.2) is 4.79 Å². The topological polar surface area (TPSA) is 140 Å². The van der Waals surface area contributed by atoms with Crippen LogP contribution < -0.4 is 16.4 Å². The molecule has 10 heteroatoms. The highest BCUT2D eigenvalue weighted by molar-refractivity contribution is 9.10. The molecule has 0 unspecified atom stereocenters. The Balaban J connectivity index is 1.82. The fourth-order valence-electron chi connectivity index (χ4n) is 3.23. The molecule has 36 heavy (non-hydrogen) atoms. The molecule has 3 aromatic rings. The number of halogens is 1. The Bertz CT molecular complexity index is 1270. The minimum atomic E-state index is -1.22. The zero-order valence-corrected chi connectivity index (χ0v) is 20.8. The third-order valence-electron chi connectivity index (χ3n) is 5.01. The first-order valence-electron chi connectivity index (χ1n) is 10.7. The molecule has 0 aliphatic carbocycles. The number of nitrogens with one attached hydrogen (secondary N) is 2. The van der Waals surface area contributed by atoms with Crippen LogP contribution >= 0.6 is 15.9 Å². The maximum absolute atomic E-state index is 12.6. The van der Waals surface area contributed by atoms with Crippen LogP contribution in [-0.2, 0) is 14.3 Å². The van der Waals surface area contributed by atoms with E-state index in [-0.39, 0.29) is 16.9 Å². The molecule has 0 heterocycles. The lowest BCUT2D eigenvalue weighted by atomic mass is 10.0. The van der Waals surface area contributed by atoms with Crippen LogP contribution in [0.4, 0.5) is 16.2 Å². The van der Waals surface area contributed by atoms with E-state index in [9.17, 15) is 19.5 Å². The number of hydrogen-bond donors (Lipinski definition) is 4. The first kappa shape index (κ1) is 26.5. The van der Waals surface area contributed by atoms with Crippen LogP contribution in [0.25, 0.3) is 0 Å². The molecule has 0 fully saturated rings. The predicted octanol–water partition coefficient (Wildman–Crippen LogP) is 4.55. The third kappa shape index (κ3) is 7.17. The summed E-state index contributed by atoms with van der Waals surface area (Å²) in [6, 6.07) is 19.4. The first-order chi connectivity index (χ1) is 17.3. The Morgan fingerprint density at radius 3 is 2.42 bits per heavy atom. The van der Waals surface area contributed by atoms with Gasteiger partial charge in [0.1, 0.15) is 11.9 Å². The number of nitrogen functional groups attached to an aromatic ring is 1. The Morgan fingerprint density at radius 2 is 1.72 bits per heavy atom. The molecule has 3 amide bonds. The number of benzene rings is 3. The van der Waals surface area contributed by atoms with E-state index in [4.69, 9.17) is 15.2 Å². The van der Waals surface area contributed by atoms with Gasteiger partial charge in [-0.2, -0.15) is 0 Å². The molecule has 0 aromatic heterocycles. The minimum Gasteiger partial charge on any atom is -0.508 e. The zero-order valence-electron chi connectivity index (χ0n) is 19.2. The van der Waals surface area contributed by atoms with E-state index in [1.165, 1.54) is 31.4 Å². The largest absolute Gasteiger partial charge is 0.508 e. The van der Waals surface area contributed by atoms with E-state index in [1.54, 1.807) is 60.7 Å². The number of aromatic hydroxyl groups is 1. The lowest BCUT2D eigenvalue weighted by Gasteiger charge is -2.25. The fourth-order valence-corrected chi connectivity index (χ4v) is 3.61. The number of carbonyl (C=O) groups excluding carboxylic acids is 3. The second-order valence-electron chi connectivity index (χ2n) is 7.49. The summed E-state index contributed by atoms with van der Waals surface area (Å²) in [5, 5.41) is 15.2. The number of imide groups is 1. The second-order valence-corrected chi connectivity index (χ2v) is 8.40. The van der Waals surface area contributed by atoms with Gasteiger partial charge in [0.2, 0.25) is 5.91 Å². The molecule has 9 nitrogen and oxygen atoms in total. The number of ether oxygens (including phenoxy) is 2. The number of para-hydroxylation sites is 2. The number of nitrogens with two attached hydrogens (primary N) is 1. The first-order valence-corrected chi connectivity index (χ1v) is 11.5. The molecule has 2 atom stereocenters. The van der Waals surface area contributed by atoms with Gasteiger partial charge in [0.05, 0.1) is 11.4 Å². The fraction of sp³-hybridized carbons (Fsp3) is 0.115. The average Bonchev–Trinajstić information content (AvgIpc) is 2.87. The second kappa shape index (κ2) is 12.5. The molecule has 0 bridgehead atoms. The van der Waals surface area contributed by atoms with E-state index in [0.717, 1.165) is 0 Å². The van der Waals surface area contributed by atoms with Gasteiger partial charge in [-0.1, -0.05) is 46.3 Å². The summed E-state index contributed by atoms with van der Waals surface area (Å²) in [7, 11) is 1.35. The van der Waals surface area contributed by atoms with Gasteiger partial charge in [0.25, 0.3) is 5.91 Å². The molecule has 186 valence electrons. The quantitative estimate of drug-likeness (QED) is 0.237. The van der Waals surface area contributed by atoms with Gasteiger partial charge in [-0.05, 0) is 48.5 Å². The van der Waals surface area contributed by atoms with Crippen LogP contribution in [0.5, 0.6) is 5.75 Å². The lowest BCUT2D eigenvalue weighted by molar-refractivity contribution is -0.112. The van der Waals surface area contributed by atoms with Gasteiger partial charge >= 0.3 is 6.09 Å². The standard InChI is InChI=1S/C26H24BrN3O6/c1-35-22(13-14-23(32)29-20-10-6-5-9-19(20)28)24(18-15-17(27)11-12-21(18)31)36-26(34)30-25(33)16-7-3-2-4-8-16/h2-15,22,24,31H,28H2,1H3,(H,29,32)(H,30,33,34)/b14-13+/t22-,24-/m1/s1. The predicted molar refractivity (Wildman–Crippen MR) is 138 cm³/mol. The van der Waals surface area contributed by atoms with Crippen molar-refractivity contribution in [2.24, 2.45) is 0 Å². The van der Waals surface area contributed by atoms with Crippen molar-refractivity contribution in [1.29, 1.82) is 0 Å². The van der Waals surface area contributed by atoms with Crippen LogP contribution in [0.15, 0.2) is 89.4 Å². The SMILES string of the molecule is CO[C@H](/C=C/C(=O)Nc1ccccc1N)[C@H](OC(=O)NC(=O)c1ccccc1)c1cc(Br)ccc1O. The Hall–Kier alpha value is -4.15. The van der Waals surface area contributed by atoms with Crippen LogP contribution in [0, 0.1) is 0 Å². The summed E-state index contributed by atoms with van der Waals surface area (Å²) >= 11 is 3.32. The Morgan fingerprint density at radius 1 is 1.03 bits per heavy atom. The Labute approximate surface area is 216 Å². The number of phenols is 1. The summed E-state index contributed by atoms with van der Waals surface area (Å²) in [4.78, 5) is 37.5. The number of hydrogen-bond acceptors (Lipinski definition) is 7. The van der Waals surface area contributed by atoms with Crippen LogP contribution in [0.3, 0.4) is 0 Å². The van der Waals surface area contributed by atoms with Gasteiger partial charge in [0, 0.05) is 28.8 Å². The van der Waals surface area contributed by atoms with E-state index in [1.807, 2.05) is 0 Å². The molecular formula is C26H24BrN3O6. The molecule has 0 radical (unpaired) electrons. The van der Waals surface area contributed by atoms with E-state index in [2.05, 4.69) is 26.6 Å². The van der Waals surface area contributed by atoms with Crippen LogP contribution in [-0.4, -0.2) is 36.2 Å². The maximum Gasteiger partial charge on any atom is 0.414 e. The Kier molecular flexibility index (Phi) is 9.20. The summed E-state index contributed by atoms with van der Waals surface area (Å²) in [5.74, 6) is -1.35. The van der Waals surface area contributed by atoms with E-state index < -0.39 is 30.1 Å². The number of anilines is 2. The van der Waals surface area contributed by atoms with Crippen molar-refractivity contribution in [2.45, 2.75) is 12.2 Å². The number of phenolic OH excluding ortho intramolecular Hbond substituents is 1. The molecule has 3 rings (SSSR count). The van der Waals surface area contributed by atoms with Crippen molar-refractivity contribution < 1.29 is 29.0 Å². The van der Waals surface area contributed by atoms with Crippen molar-refractivity contribution >= 4 is 45.2 Å². The normalized spacial score (nSPS) is 12.5. The van der Waals surface area contributed by atoms with Gasteiger partial charge in [-0.15, -0.1) is 0 Å². The van der Waals surface area contributed by atoms with Gasteiger partial charge < -0.3 is 25.6 Å². The molecule has 0 aliphatic heterocycles. The van der Waals surface area contributed by atoms with Crippen molar-refractivity contribution in [3.8, 4) is 5.75 Å². The number of carbonyl (C=O) groups is 3. The minimum absolute atomic E-state index is 0.178. The third-order valence-corrected chi connectivity index (χ3v) is 5.50. The van der Waals surface area contributed by atoms with Crippen LogP contribution in [0.2, 0.25) is 0 Å².